The second kappa shape index (κ2) is 3.41. The molecule has 0 fully saturated rings. The highest BCUT2D eigenvalue weighted by molar-refractivity contribution is 6.31. The maximum Gasteiger partial charge on any atom is 0.231 e. The average Bonchev–Trinajstić information content (AvgIpc) is 2.52. The number of hydrogen-bond acceptors (Lipinski definition) is 4. The summed E-state index contributed by atoms with van der Waals surface area (Å²) >= 11 is 5.92. The Morgan fingerprint density at radius 3 is 2.77 bits per heavy atom. The standard InChI is InChI=1S/C8H8ClNO3/c9-6-2-8-7(11-4-12-8)1-5(6)3-13-10/h1-2H,3-4,10H2. The predicted molar refractivity (Wildman–Crippen MR) is 46.6 cm³/mol. The summed E-state index contributed by atoms with van der Waals surface area (Å²) in [6.45, 7) is 0.494. The molecule has 1 aliphatic heterocycles. The normalized spacial score (nSPS) is 13.4. The molecule has 1 aromatic rings. The van der Waals surface area contributed by atoms with E-state index in [-0.39, 0.29) is 13.4 Å². The van der Waals surface area contributed by atoms with E-state index >= 15 is 0 Å². The SMILES string of the molecule is NOCc1cc2c(cc1Cl)OCO2. The summed E-state index contributed by atoms with van der Waals surface area (Å²) in [6, 6.07) is 3.45. The molecule has 0 unspecified atom stereocenters. The van der Waals surface area contributed by atoms with E-state index in [1.165, 1.54) is 0 Å². The number of hydrogen-bond donors (Lipinski definition) is 1. The second-order valence-corrected chi connectivity index (χ2v) is 3.02. The van der Waals surface area contributed by atoms with E-state index in [9.17, 15) is 0 Å². The zero-order chi connectivity index (χ0) is 9.26. The first-order chi connectivity index (χ1) is 6.31. The zero-order valence-corrected chi connectivity index (χ0v) is 7.50. The summed E-state index contributed by atoms with van der Waals surface area (Å²) in [6.07, 6.45) is 0. The highest BCUT2D eigenvalue weighted by Gasteiger charge is 2.16. The molecule has 0 aliphatic carbocycles. The molecule has 2 N–H and O–H groups in total. The van der Waals surface area contributed by atoms with Crippen LogP contribution in [0.5, 0.6) is 11.5 Å². The Morgan fingerprint density at radius 2 is 2.08 bits per heavy atom. The fraction of sp³-hybridized carbons (Fsp3) is 0.250. The van der Waals surface area contributed by atoms with E-state index in [0.717, 1.165) is 5.56 Å². The molecule has 0 radical (unpaired) electrons. The van der Waals surface area contributed by atoms with Crippen LogP contribution in [0.2, 0.25) is 5.02 Å². The molecule has 0 bridgehead atoms. The van der Waals surface area contributed by atoms with Gasteiger partial charge in [-0.1, -0.05) is 11.6 Å². The third-order valence-electron chi connectivity index (χ3n) is 1.78. The number of rotatable bonds is 2. The fourth-order valence-corrected chi connectivity index (χ4v) is 1.37. The summed E-state index contributed by atoms with van der Waals surface area (Å²) < 4.78 is 10.3. The Kier molecular flexibility index (Phi) is 2.26. The second-order valence-electron chi connectivity index (χ2n) is 2.61. The first kappa shape index (κ1) is 8.62. The zero-order valence-electron chi connectivity index (χ0n) is 6.75. The van der Waals surface area contributed by atoms with Crippen molar-refractivity contribution in [3.63, 3.8) is 0 Å². The lowest BCUT2D eigenvalue weighted by molar-refractivity contribution is 0.124. The van der Waals surface area contributed by atoms with Crippen molar-refractivity contribution in [2.24, 2.45) is 5.90 Å². The molecule has 70 valence electrons. The maximum absolute atomic E-state index is 5.92. The highest BCUT2D eigenvalue weighted by atomic mass is 35.5. The number of halogens is 1. The largest absolute Gasteiger partial charge is 0.454 e. The van der Waals surface area contributed by atoms with E-state index in [2.05, 4.69) is 4.84 Å². The van der Waals surface area contributed by atoms with Crippen molar-refractivity contribution in [1.82, 2.24) is 0 Å². The highest BCUT2D eigenvalue weighted by Crippen LogP contribution is 2.36. The van der Waals surface area contributed by atoms with Crippen LogP contribution in [0.1, 0.15) is 5.56 Å². The monoisotopic (exact) mass is 201 g/mol. The van der Waals surface area contributed by atoms with E-state index in [1.807, 2.05) is 0 Å². The molecular weight excluding hydrogens is 194 g/mol. The van der Waals surface area contributed by atoms with Gasteiger partial charge in [0.1, 0.15) is 0 Å². The van der Waals surface area contributed by atoms with Crippen LogP contribution < -0.4 is 15.4 Å². The first-order valence-electron chi connectivity index (χ1n) is 3.71. The molecule has 0 spiro atoms. The van der Waals surface area contributed by atoms with E-state index in [4.69, 9.17) is 27.0 Å². The Hall–Kier alpha value is -0.970. The Balaban J connectivity index is 2.37. The smallest absolute Gasteiger partial charge is 0.231 e. The third kappa shape index (κ3) is 1.56. The summed E-state index contributed by atoms with van der Waals surface area (Å²) in [4.78, 5) is 4.49. The summed E-state index contributed by atoms with van der Waals surface area (Å²) in [5.41, 5.74) is 0.786. The van der Waals surface area contributed by atoms with Crippen LogP contribution in [0.15, 0.2) is 12.1 Å². The minimum atomic E-state index is 0.235. The molecule has 0 amide bonds. The lowest BCUT2D eigenvalue weighted by atomic mass is 10.2. The molecule has 4 nitrogen and oxygen atoms in total. The summed E-state index contributed by atoms with van der Waals surface area (Å²) in [5, 5.41) is 0.565. The van der Waals surface area contributed by atoms with Gasteiger partial charge in [0.15, 0.2) is 11.5 Å². The minimum absolute atomic E-state index is 0.235. The van der Waals surface area contributed by atoms with E-state index in [0.29, 0.717) is 16.5 Å². The van der Waals surface area contributed by atoms with E-state index in [1.54, 1.807) is 12.1 Å². The lowest BCUT2D eigenvalue weighted by Gasteiger charge is -2.03. The van der Waals surface area contributed by atoms with Gasteiger partial charge < -0.3 is 9.47 Å². The molecule has 1 aromatic carbocycles. The van der Waals surface area contributed by atoms with Gasteiger partial charge in [0.25, 0.3) is 0 Å². The Labute approximate surface area is 80.1 Å². The van der Waals surface area contributed by atoms with Gasteiger partial charge in [-0.3, -0.25) is 4.84 Å². The van der Waals surface area contributed by atoms with Crippen LogP contribution in [-0.4, -0.2) is 6.79 Å². The van der Waals surface area contributed by atoms with Crippen molar-refractivity contribution in [2.75, 3.05) is 6.79 Å². The maximum atomic E-state index is 5.92. The van der Waals surface area contributed by atoms with Gasteiger partial charge in [0.05, 0.1) is 11.6 Å². The van der Waals surface area contributed by atoms with Crippen LogP contribution in [0.4, 0.5) is 0 Å². The number of fused-ring (bicyclic) bond motifs is 1. The van der Waals surface area contributed by atoms with Crippen LogP contribution in [-0.2, 0) is 11.4 Å². The van der Waals surface area contributed by atoms with Crippen molar-refractivity contribution in [2.45, 2.75) is 6.61 Å². The molecule has 13 heavy (non-hydrogen) atoms. The molecule has 0 saturated carbocycles. The average molecular weight is 202 g/mol. The molecule has 1 heterocycles. The van der Waals surface area contributed by atoms with Gasteiger partial charge in [-0.05, 0) is 6.07 Å². The number of nitrogens with two attached hydrogens (primary N) is 1. The van der Waals surface area contributed by atoms with Crippen LogP contribution in [0, 0.1) is 0 Å². The summed E-state index contributed by atoms with van der Waals surface area (Å²) in [7, 11) is 0. The van der Waals surface area contributed by atoms with Crippen molar-refractivity contribution >= 4 is 11.6 Å². The molecule has 1 aliphatic rings. The summed E-state index contributed by atoms with van der Waals surface area (Å²) in [5.74, 6) is 6.28. The lowest BCUT2D eigenvalue weighted by Crippen LogP contribution is -1.99. The third-order valence-corrected chi connectivity index (χ3v) is 2.13. The van der Waals surface area contributed by atoms with Crippen molar-refractivity contribution in [3.05, 3.63) is 22.7 Å². The molecule has 2 rings (SSSR count). The van der Waals surface area contributed by atoms with Crippen molar-refractivity contribution < 1.29 is 14.3 Å². The van der Waals surface area contributed by atoms with Crippen molar-refractivity contribution in [1.29, 1.82) is 0 Å². The van der Waals surface area contributed by atoms with Crippen LogP contribution in [0.25, 0.3) is 0 Å². The van der Waals surface area contributed by atoms with Gasteiger partial charge in [-0.25, -0.2) is 5.90 Å². The molecule has 0 saturated heterocycles. The van der Waals surface area contributed by atoms with Crippen LogP contribution in [0.3, 0.4) is 0 Å². The van der Waals surface area contributed by atoms with Gasteiger partial charge >= 0.3 is 0 Å². The molecule has 0 aromatic heterocycles. The number of ether oxygens (including phenoxy) is 2. The van der Waals surface area contributed by atoms with Gasteiger partial charge in [0.2, 0.25) is 6.79 Å². The van der Waals surface area contributed by atoms with E-state index < -0.39 is 0 Å². The fourth-order valence-electron chi connectivity index (χ4n) is 1.16. The van der Waals surface area contributed by atoms with Crippen LogP contribution >= 0.6 is 11.6 Å². The predicted octanol–water partition coefficient (Wildman–Crippen LogP) is 1.46. The topological polar surface area (TPSA) is 53.7 Å². The molecule has 0 atom stereocenters. The Morgan fingerprint density at radius 1 is 1.38 bits per heavy atom. The molecular formula is C8H8ClNO3. The minimum Gasteiger partial charge on any atom is -0.454 e. The number of benzene rings is 1. The van der Waals surface area contributed by atoms with Gasteiger partial charge in [-0.2, -0.15) is 0 Å². The Bertz CT molecular complexity index is 329. The van der Waals surface area contributed by atoms with Gasteiger partial charge in [-0.15, -0.1) is 0 Å². The first-order valence-corrected chi connectivity index (χ1v) is 4.09. The van der Waals surface area contributed by atoms with Gasteiger partial charge in [0, 0.05) is 11.6 Å². The quantitative estimate of drug-likeness (QED) is 0.736. The van der Waals surface area contributed by atoms with Crippen molar-refractivity contribution in [3.8, 4) is 11.5 Å². The molecule has 5 heteroatoms.